The Hall–Kier alpha value is -0.890. The molecule has 1 aliphatic rings. The maximum Gasteiger partial charge on any atom is 0.187 e. The summed E-state index contributed by atoms with van der Waals surface area (Å²) >= 11 is 0. The van der Waals surface area contributed by atoms with Gasteiger partial charge >= 0.3 is 0 Å². The number of hydrogen-bond donors (Lipinski definition) is 1. The first-order chi connectivity index (χ1) is 5.54. The Morgan fingerprint density at radius 3 is 2.83 bits per heavy atom. The Balaban J connectivity index is 2.87. The number of Topliss-reactive ketones (excluding diaryl/α,β-unsaturated/α-hetero) is 1. The molecule has 0 bridgehead atoms. The number of carbonyl (C=O) groups excluding carboxylic acids is 1. The summed E-state index contributed by atoms with van der Waals surface area (Å²) in [6.07, 6.45) is 1.73. The van der Waals surface area contributed by atoms with E-state index in [1.54, 1.807) is 6.92 Å². The van der Waals surface area contributed by atoms with Gasteiger partial charge in [0.1, 0.15) is 6.10 Å². The molecule has 1 aliphatic carbocycles. The van der Waals surface area contributed by atoms with E-state index in [2.05, 4.69) is 6.58 Å². The second-order valence-corrected chi connectivity index (χ2v) is 3.38. The molecule has 2 heteroatoms. The Labute approximate surface area is 72.6 Å². The summed E-state index contributed by atoms with van der Waals surface area (Å²) in [6.45, 7) is 7.33. The zero-order valence-electron chi connectivity index (χ0n) is 7.50. The van der Waals surface area contributed by atoms with Gasteiger partial charge < -0.3 is 5.11 Å². The highest BCUT2D eigenvalue weighted by atomic mass is 16.3. The quantitative estimate of drug-likeness (QED) is 0.599. The zero-order chi connectivity index (χ0) is 9.30. The fourth-order valence-corrected chi connectivity index (χ4v) is 1.42. The molecule has 0 heterocycles. The molecule has 12 heavy (non-hydrogen) atoms. The standard InChI is InChI=1S/C10H14O2/c1-6(2)8-5-4-7(3)9(11)10(8)12/h4,8,10,12H,1,5H2,2-3H3/t8-,10-/m1/s1. The largest absolute Gasteiger partial charge is 0.384 e. The Morgan fingerprint density at radius 2 is 2.33 bits per heavy atom. The lowest BCUT2D eigenvalue weighted by Gasteiger charge is -2.25. The number of allylic oxidation sites excluding steroid dienone is 1. The highest BCUT2D eigenvalue weighted by Gasteiger charge is 2.30. The van der Waals surface area contributed by atoms with Crippen LogP contribution in [0.15, 0.2) is 23.8 Å². The van der Waals surface area contributed by atoms with Crippen molar-refractivity contribution < 1.29 is 9.90 Å². The van der Waals surface area contributed by atoms with Crippen LogP contribution in [0.5, 0.6) is 0 Å². The van der Waals surface area contributed by atoms with Crippen LogP contribution in [0.25, 0.3) is 0 Å². The van der Waals surface area contributed by atoms with Gasteiger partial charge in [0.25, 0.3) is 0 Å². The summed E-state index contributed by atoms with van der Waals surface area (Å²) < 4.78 is 0. The normalized spacial score (nSPS) is 29.9. The minimum absolute atomic E-state index is 0.0822. The van der Waals surface area contributed by atoms with Gasteiger partial charge in [0.15, 0.2) is 5.78 Å². The third-order valence-electron chi connectivity index (χ3n) is 2.35. The molecule has 1 rings (SSSR count). The van der Waals surface area contributed by atoms with Crippen LogP contribution >= 0.6 is 0 Å². The molecule has 2 nitrogen and oxygen atoms in total. The van der Waals surface area contributed by atoms with E-state index in [9.17, 15) is 9.90 Å². The molecule has 0 aromatic rings. The summed E-state index contributed by atoms with van der Waals surface area (Å²) in [6, 6.07) is 0. The van der Waals surface area contributed by atoms with Crippen LogP contribution in [0, 0.1) is 5.92 Å². The lowest BCUT2D eigenvalue weighted by molar-refractivity contribution is -0.125. The highest BCUT2D eigenvalue weighted by molar-refractivity contribution is 5.99. The Morgan fingerprint density at radius 1 is 1.75 bits per heavy atom. The van der Waals surface area contributed by atoms with Crippen LogP contribution in [-0.2, 0) is 4.79 Å². The molecule has 0 aromatic heterocycles. The first kappa shape index (κ1) is 9.20. The van der Waals surface area contributed by atoms with Gasteiger partial charge in [-0.3, -0.25) is 4.79 Å². The molecule has 0 fully saturated rings. The molecule has 0 amide bonds. The fourth-order valence-electron chi connectivity index (χ4n) is 1.42. The molecular weight excluding hydrogens is 152 g/mol. The molecule has 0 unspecified atom stereocenters. The van der Waals surface area contributed by atoms with E-state index < -0.39 is 6.10 Å². The van der Waals surface area contributed by atoms with Gasteiger partial charge in [-0.2, -0.15) is 0 Å². The fraction of sp³-hybridized carbons (Fsp3) is 0.500. The first-order valence-electron chi connectivity index (χ1n) is 4.08. The predicted molar refractivity (Wildman–Crippen MR) is 47.7 cm³/mol. The maximum atomic E-state index is 11.3. The van der Waals surface area contributed by atoms with Crippen molar-refractivity contribution >= 4 is 5.78 Å². The van der Waals surface area contributed by atoms with Crippen LogP contribution < -0.4 is 0 Å². The van der Waals surface area contributed by atoms with Gasteiger partial charge in [0.05, 0.1) is 0 Å². The molecule has 0 aliphatic heterocycles. The Kier molecular flexibility index (Phi) is 2.48. The third-order valence-corrected chi connectivity index (χ3v) is 2.35. The van der Waals surface area contributed by atoms with Crippen LogP contribution in [0.4, 0.5) is 0 Å². The molecule has 0 radical (unpaired) electrons. The molecule has 66 valence electrons. The lowest BCUT2D eigenvalue weighted by atomic mass is 9.83. The van der Waals surface area contributed by atoms with Crippen molar-refractivity contribution in [2.75, 3.05) is 0 Å². The van der Waals surface area contributed by atoms with E-state index in [1.165, 1.54) is 0 Å². The molecule has 1 N–H and O–H groups in total. The number of rotatable bonds is 1. The van der Waals surface area contributed by atoms with Crippen molar-refractivity contribution in [2.45, 2.75) is 26.4 Å². The molecule has 0 saturated carbocycles. The molecular formula is C10H14O2. The van der Waals surface area contributed by atoms with Crippen molar-refractivity contribution in [1.29, 1.82) is 0 Å². The summed E-state index contributed by atoms with van der Waals surface area (Å²) in [5.74, 6) is -0.240. The minimum atomic E-state index is -0.868. The SMILES string of the molecule is C=C(C)[C@H]1CC=C(C)C(=O)[C@@H]1O. The van der Waals surface area contributed by atoms with E-state index in [4.69, 9.17) is 0 Å². The van der Waals surface area contributed by atoms with Gasteiger partial charge in [0, 0.05) is 5.92 Å². The van der Waals surface area contributed by atoms with E-state index in [1.807, 2.05) is 13.0 Å². The number of hydrogen-bond acceptors (Lipinski definition) is 2. The molecule has 0 aromatic carbocycles. The summed E-state index contributed by atoms with van der Waals surface area (Å²) in [7, 11) is 0. The van der Waals surface area contributed by atoms with Gasteiger partial charge in [-0.05, 0) is 25.8 Å². The van der Waals surface area contributed by atoms with Gasteiger partial charge in [0.2, 0.25) is 0 Å². The van der Waals surface area contributed by atoms with Crippen LogP contribution in [0.2, 0.25) is 0 Å². The number of carbonyl (C=O) groups is 1. The smallest absolute Gasteiger partial charge is 0.187 e. The van der Waals surface area contributed by atoms with E-state index in [-0.39, 0.29) is 11.7 Å². The number of aliphatic hydroxyl groups is 1. The summed E-state index contributed by atoms with van der Waals surface area (Å²) in [4.78, 5) is 11.3. The third kappa shape index (κ3) is 1.48. The zero-order valence-corrected chi connectivity index (χ0v) is 7.50. The highest BCUT2D eigenvalue weighted by Crippen LogP contribution is 2.25. The topological polar surface area (TPSA) is 37.3 Å². The average molecular weight is 166 g/mol. The van der Waals surface area contributed by atoms with Crippen molar-refractivity contribution in [3.05, 3.63) is 23.8 Å². The van der Waals surface area contributed by atoms with E-state index in [0.717, 1.165) is 12.0 Å². The van der Waals surface area contributed by atoms with E-state index >= 15 is 0 Å². The van der Waals surface area contributed by atoms with Crippen molar-refractivity contribution in [2.24, 2.45) is 5.92 Å². The Bertz CT molecular complexity index is 251. The van der Waals surface area contributed by atoms with Crippen LogP contribution in [-0.4, -0.2) is 17.0 Å². The van der Waals surface area contributed by atoms with Gasteiger partial charge in [-0.1, -0.05) is 18.2 Å². The predicted octanol–water partition coefficient (Wildman–Crippen LogP) is 1.46. The maximum absolute atomic E-state index is 11.3. The second-order valence-electron chi connectivity index (χ2n) is 3.38. The summed E-state index contributed by atoms with van der Waals surface area (Å²) in [5.41, 5.74) is 1.54. The molecule has 2 atom stereocenters. The number of ketones is 1. The molecule has 0 saturated heterocycles. The lowest BCUT2D eigenvalue weighted by Crippen LogP contribution is -2.33. The van der Waals surface area contributed by atoms with Crippen LogP contribution in [0.3, 0.4) is 0 Å². The summed E-state index contributed by atoms with van der Waals surface area (Å²) in [5, 5.41) is 9.53. The molecule has 0 spiro atoms. The average Bonchev–Trinajstić information content (AvgIpc) is 2.00. The first-order valence-corrected chi connectivity index (χ1v) is 4.08. The van der Waals surface area contributed by atoms with Gasteiger partial charge in [-0.15, -0.1) is 0 Å². The number of aliphatic hydroxyl groups excluding tert-OH is 1. The van der Waals surface area contributed by atoms with E-state index in [0.29, 0.717) is 5.57 Å². The van der Waals surface area contributed by atoms with Crippen molar-refractivity contribution in [3.63, 3.8) is 0 Å². The second kappa shape index (κ2) is 3.23. The minimum Gasteiger partial charge on any atom is -0.384 e. The van der Waals surface area contributed by atoms with Crippen LogP contribution in [0.1, 0.15) is 20.3 Å². The van der Waals surface area contributed by atoms with Gasteiger partial charge in [-0.25, -0.2) is 0 Å². The monoisotopic (exact) mass is 166 g/mol. The van der Waals surface area contributed by atoms with Crippen molar-refractivity contribution in [1.82, 2.24) is 0 Å². The van der Waals surface area contributed by atoms with Crippen molar-refractivity contribution in [3.8, 4) is 0 Å².